The molecule has 0 spiro atoms. The lowest BCUT2D eigenvalue weighted by molar-refractivity contribution is 1.22. The molecule has 1 heterocycles. The monoisotopic (exact) mass is 351 g/mol. The Morgan fingerprint density at radius 3 is 2.62 bits per heavy atom. The third kappa shape index (κ3) is 2.16. The van der Waals surface area contributed by atoms with E-state index >= 15 is 0 Å². The molecular formula is C19H11Cl2N3. The first-order valence-corrected chi connectivity index (χ1v) is 8.12. The highest BCUT2D eigenvalue weighted by atomic mass is 35.5. The van der Waals surface area contributed by atoms with Crippen LogP contribution in [0.15, 0.2) is 42.5 Å². The average Bonchev–Trinajstić information content (AvgIpc) is 2.92. The molecule has 24 heavy (non-hydrogen) atoms. The minimum Gasteiger partial charge on any atom is -0.383 e. The van der Waals surface area contributed by atoms with Crippen LogP contribution in [0.4, 0.5) is 5.82 Å². The van der Waals surface area contributed by atoms with Crippen molar-refractivity contribution < 1.29 is 0 Å². The Bertz CT molecular complexity index is 1040. The number of anilines is 1. The quantitative estimate of drug-likeness (QED) is 0.520. The summed E-state index contributed by atoms with van der Waals surface area (Å²) < 4.78 is 0. The summed E-state index contributed by atoms with van der Waals surface area (Å²) in [5.74, 6) is 0.217. The molecule has 0 saturated heterocycles. The lowest BCUT2D eigenvalue weighted by Crippen LogP contribution is -2.02. The summed E-state index contributed by atoms with van der Waals surface area (Å²) in [6.07, 6.45) is 0.696. The van der Waals surface area contributed by atoms with E-state index < -0.39 is 0 Å². The maximum absolute atomic E-state index is 9.62. The second kappa shape index (κ2) is 5.52. The van der Waals surface area contributed by atoms with Crippen LogP contribution in [0.3, 0.4) is 0 Å². The Hall–Kier alpha value is -2.54. The fourth-order valence-corrected chi connectivity index (χ4v) is 3.74. The van der Waals surface area contributed by atoms with Gasteiger partial charge in [-0.25, -0.2) is 4.98 Å². The number of aromatic nitrogens is 1. The molecule has 2 aromatic carbocycles. The summed E-state index contributed by atoms with van der Waals surface area (Å²) in [4.78, 5) is 4.49. The molecule has 5 heteroatoms. The number of nitriles is 1. The Balaban J connectivity index is 2.08. The molecule has 0 unspecified atom stereocenters. The standard InChI is InChI=1S/C19H11Cl2N3/c20-11-5-6-13(16(21)8-11)17-14-7-10-3-1-2-4-12(10)18(14)24-19(23)15(17)9-22/h1-6,8H,7H2,(H2,23,24). The third-order valence-electron chi connectivity index (χ3n) is 4.28. The van der Waals surface area contributed by atoms with Crippen molar-refractivity contribution in [2.45, 2.75) is 6.42 Å². The van der Waals surface area contributed by atoms with E-state index in [9.17, 15) is 5.26 Å². The van der Waals surface area contributed by atoms with Gasteiger partial charge in [0.15, 0.2) is 0 Å². The number of rotatable bonds is 1. The summed E-state index contributed by atoms with van der Waals surface area (Å²) in [6, 6.07) is 15.5. The van der Waals surface area contributed by atoms with Gasteiger partial charge in [0.05, 0.1) is 5.69 Å². The van der Waals surface area contributed by atoms with Crippen molar-refractivity contribution in [1.29, 1.82) is 5.26 Å². The van der Waals surface area contributed by atoms with E-state index in [0.29, 0.717) is 22.0 Å². The fraction of sp³-hybridized carbons (Fsp3) is 0.0526. The number of nitrogens with zero attached hydrogens (tertiary/aromatic N) is 2. The van der Waals surface area contributed by atoms with Crippen LogP contribution in [0.25, 0.3) is 22.4 Å². The maximum Gasteiger partial charge on any atom is 0.142 e. The van der Waals surface area contributed by atoms with Crippen LogP contribution < -0.4 is 5.73 Å². The Labute approximate surface area is 149 Å². The van der Waals surface area contributed by atoms with Crippen molar-refractivity contribution in [3.05, 3.63) is 69.2 Å². The van der Waals surface area contributed by atoms with Gasteiger partial charge in [-0.05, 0) is 23.3 Å². The van der Waals surface area contributed by atoms with Crippen LogP contribution >= 0.6 is 23.2 Å². The van der Waals surface area contributed by atoms with Crippen LogP contribution in [-0.4, -0.2) is 4.98 Å². The van der Waals surface area contributed by atoms with Crippen LogP contribution in [0.2, 0.25) is 10.0 Å². The first kappa shape index (κ1) is 15.0. The van der Waals surface area contributed by atoms with Gasteiger partial charge in [-0.15, -0.1) is 0 Å². The molecule has 0 bridgehead atoms. The largest absolute Gasteiger partial charge is 0.383 e. The molecule has 0 aliphatic heterocycles. The number of benzene rings is 2. The topological polar surface area (TPSA) is 62.7 Å². The summed E-state index contributed by atoms with van der Waals surface area (Å²) in [6.45, 7) is 0. The molecule has 3 nitrogen and oxygen atoms in total. The predicted molar refractivity (Wildman–Crippen MR) is 97.1 cm³/mol. The molecular weight excluding hydrogens is 341 g/mol. The molecule has 0 atom stereocenters. The molecule has 3 aromatic rings. The van der Waals surface area contributed by atoms with E-state index in [1.54, 1.807) is 12.1 Å². The van der Waals surface area contributed by atoms with Gasteiger partial charge >= 0.3 is 0 Å². The number of pyridine rings is 1. The van der Waals surface area contributed by atoms with E-state index in [1.165, 1.54) is 5.56 Å². The second-order valence-corrected chi connectivity index (χ2v) is 6.49. The first-order valence-electron chi connectivity index (χ1n) is 7.36. The molecule has 4 rings (SSSR count). The van der Waals surface area contributed by atoms with Gasteiger partial charge in [0, 0.05) is 33.2 Å². The average molecular weight is 352 g/mol. The van der Waals surface area contributed by atoms with Crippen molar-refractivity contribution in [1.82, 2.24) is 4.98 Å². The van der Waals surface area contributed by atoms with Crippen LogP contribution in [0.5, 0.6) is 0 Å². The molecule has 0 saturated carbocycles. The van der Waals surface area contributed by atoms with Crippen molar-refractivity contribution in [2.75, 3.05) is 5.73 Å². The molecule has 0 amide bonds. The Morgan fingerprint density at radius 1 is 1.08 bits per heavy atom. The number of halogens is 2. The molecule has 2 N–H and O–H groups in total. The van der Waals surface area contributed by atoms with Gasteiger partial charge < -0.3 is 5.73 Å². The molecule has 0 fully saturated rings. The van der Waals surface area contributed by atoms with Crippen LogP contribution in [0.1, 0.15) is 16.7 Å². The van der Waals surface area contributed by atoms with Gasteiger partial charge in [-0.2, -0.15) is 5.26 Å². The fourth-order valence-electron chi connectivity index (χ4n) is 3.23. The number of nitrogens with two attached hydrogens (primary N) is 1. The lowest BCUT2D eigenvalue weighted by Gasteiger charge is -2.14. The molecule has 1 aliphatic carbocycles. The number of fused-ring (bicyclic) bond motifs is 3. The molecule has 1 aromatic heterocycles. The van der Waals surface area contributed by atoms with Gasteiger partial charge in [0.2, 0.25) is 0 Å². The van der Waals surface area contributed by atoms with Crippen molar-refractivity contribution >= 4 is 29.0 Å². The second-order valence-electron chi connectivity index (χ2n) is 5.64. The van der Waals surface area contributed by atoms with E-state index in [2.05, 4.69) is 17.1 Å². The molecule has 1 aliphatic rings. The van der Waals surface area contributed by atoms with Crippen molar-refractivity contribution in [3.8, 4) is 28.5 Å². The highest BCUT2D eigenvalue weighted by Gasteiger charge is 2.27. The third-order valence-corrected chi connectivity index (χ3v) is 4.83. The highest BCUT2D eigenvalue weighted by Crippen LogP contribution is 2.45. The van der Waals surface area contributed by atoms with E-state index in [-0.39, 0.29) is 5.82 Å². The minimum atomic E-state index is 0.217. The van der Waals surface area contributed by atoms with Crippen LogP contribution in [-0.2, 0) is 6.42 Å². The summed E-state index contributed by atoms with van der Waals surface area (Å²) in [5, 5.41) is 10.6. The zero-order chi connectivity index (χ0) is 16.8. The zero-order valence-corrected chi connectivity index (χ0v) is 14.0. The smallest absolute Gasteiger partial charge is 0.142 e. The SMILES string of the molecule is N#Cc1c(N)nc2c(c1-c1ccc(Cl)cc1Cl)Cc1ccccc1-2. The number of hydrogen-bond acceptors (Lipinski definition) is 3. The van der Waals surface area contributed by atoms with Gasteiger partial charge in [0.25, 0.3) is 0 Å². The Morgan fingerprint density at radius 2 is 1.88 bits per heavy atom. The zero-order valence-electron chi connectivity index (χ0n) is 12.5. The number of hydrogen-bond donors (Lipinski definition) is 1. The Kier molecular flexibility index (Phi) is 3.45. The van der Waals surface area contributed by atoms with Gasteiger partial charge in [-0.3, -0.25) is 0 Å². The molecule has 0 radical (unpaired) electrons. The van der Waals surface area contributed by atoms with Crippen molar-refractivity contribution in [3.63, 3.8) is 0 Å². The normalized spacial score (nSPS) is 11.7. The highest BCUT2D eigenvalue weighted by molar-refractivity contribution is 6.36. The van der Waals surface area contributed by atoms with E-state index in [4.69, 9.17) is 28.9 Å². The predicted octanol–water partition coefficient (Wildman–Crippen LogP) is 5.08. The maximum atomic E-state index is 9.62. The van der Waals surface area contributed by atoms with E-state index in [1.807, 2.05) is 24.3 Å². The number of nitrogen functional groups attached to an aromatic ring is 1. The summed E-state index contributed by atoms with van der Waals surface area (Å²) in [7, 11) is 0. The van der Waals surface area contributed by atoms with Gasteiger partial charge in [0.1, 0.15) is 17.5 Å². The molecule has 116 valence electrons. The first-order chi connectivity index (χ1) is 11.6. The lowest BCUT2D eigenvalue weighted by atomic mass is 9.94. The van der Waals surface area contributed by atoms with Gasteiger partial charge in [-0.1, -0.05) is 53.5 Å². The summed E-state index contributed by atoms with van der Waals surface area (Å²) in [5.41, 5.74) is 11.9. The minimum absolute atomic E-state index is 0.217. The van der Waals surface area contributed by atoms with E-state index in [0.717, 1.165) is 27.9 Å². The summed E-state index contributed by atoms with van der Waals surface area (Å²) >= 11 is 12.4. The van der Waals surface area contributed by atoms with Crippen molar-refractivity contribution in [2.24, 2.45) is 0 Å². The van der Waals surface area contributed by atoms with Crippen LogP contribution in [0, 0.1) is 11.3 Å².